The summed E-state index contributed by atoms with van der Waals surface area (Å²) in [5.41, 5.74) is 4.25. The molecule has 1 aromatic heterocycles. The third-order valence-corrected chi connectivity index (χ3v) is 6.04. The second-order valence-corrected chi connectivity index (χ2v) is 9.91. The van der Waals surface area contributed by atoms with E-state index in [4.69, 9.17) is 14.2 Å². The summed E-state index contributed by atoms with van der Waals surface area (Å²) in [6, 6.07) is 6.53. The van der Waals surface area contributed by atoms with Gasteiger partial charge in [-0.3, -0.25) is 4.79 Å². The number of hydrogen-bond donors (Lipinski definition) is 1. The Morgan fingerprint density at radius 1 is 1.16 bits per heavy atom. The van der Waals surface area contributed by atoms with E-state index in [0.29, 0.717) is 38.5 Å². The average molecular weight is 511 g/mol. The first-order valence-electron chi connectivity index (χ1n) is 12.7. The topological polar surface area (TPSA) is 103 Å². The van der Waals surface area contributed by atoms with Crippen molar-refractivity contribution in [3.05, 3.63) is 47.8 Å². The number of rotatable bonds is 9. The van der Waals surface area contributed by atoms with Gasteiger partial charge in [0.2, 0.25) is 0 Å². The summed E-state index contributed by atoms with van der Waals surface area (Å²) >= 11 is 0. The number of nitrogens with zero attached hydrogens (tertiary/aromatic N) is 3. The van der Waals surface area contributed by atoms with Gasteiger partial charge in [0.15, 0.2) is 0 Å². The molecule has 0 saturated carbocycles. The smallest absolute Gasteiger partial charge is 0.410 e. The monoisotopic (exact) mass is 510 g/mol. The third-order valence-electron chi connectivity index (χ3n) is 6.04. The van der Waals surface area contributed by atoms with Crippen LogP contribution in [0.15, 0.2) is 36.7 Å². The Labute approximate surface area is 219 Å². The summed E-state index contributed by atoms with van der Waals surface area (Å²) in [5.74, 6) is -0.204. The Morgan fingerprint density at radius 3 is 2.46 bits per heavy atom. The van der Waals surface area contributed by atoms with Gasteiger partial charge in [-0.2, -0.15) is 0 Å². The molecule has 0 aliphatic carbocycles. The Balaban J connectivity index is 1.90. The van der Waals surface area contributed by atoms with Crippen molar-refractivity contribution in [3.63, 3.8) is 0 Å². The summed E-state index contributed by atoms with van der Waals surface area (Å²) in [5, 5.41) is 3.45. The van der Waals surface area contributed by atoms with Gasteiger partial charge < -0.3 is 24.4 Å². The number of ether oxygens (including phenoxy) is 3. The zero-order valence-corrected chi connectivity index (χ0v) is 22.7. The van der Waals surface area contributed by atoms with Gasteiger partial charge in [-0.05, 0) is 63.7 Å². The number of amides is 1. The predicted molar refractivity (Wildman–Crippen MR) is 143 cm³/mol. The Bertz CT molecular complexity index is 1110. The lowest BCUT2D eigenvalue weighted by Gasteiger charge is -2.30. The molecule has 1 amide bonds. The summed E-state index contributed by atoms with van der Waals surface area (Å²) in [6.45, 7) is 11.1. The van der Waals surface area contributed by atoms with Crippen molar-refractivity contribution >= 4 is 29.0 Å². The van der Waals surface area contributed by atoms with Crippen LogP contribution in [0.2, 0.25) is 0 Å². The summed E-state index contributed by atoms with van der Waals surface area (Å²) in [7, 11) is 1.41. The number of benzene rings is 1. The minimum Gasteiger partial charge on any atom is -0.469 e. The normalized spacial score (nSPS) is 14.4. The van der Waals surface area contributed by atoms with Crippen LogP contribution in [-0.4, -0.2) is 59.3 Å². The highest BCUT2D eigenvalue weighted by molar-refractivity contribution is 5.81. The number of anilines is 2. The Kier molecular flexibility index (Phi) is 9.49. The molecule has 2 heterocycles. The van der Waals surface area contributed by atoms with Gasteiger partial charge in [0.05, 0.1) is 38.2 Å². The fourth-order valence-electron chi connectivity index (χ4n) is 4.13. The van der Waals surface area contributed by atoms with Crippen LogP contribution < -0.4 is 10.1 Å². The zero-order valence-electron chi connectivity index (χ0n) is 22.7. The molecular weight excluding hydrogens is 472 g/mol. The molecule has 3 rings (SSSR count). The lowest BCUT2D eigenvalue weighted by molar-refractivity contribution is -0.141. The van der Waals surface area contributed by atoms with Gasteiger partial charge in [0.25, 0.3) is 0 Å². The third kappa shape index (κ3) is 7.93. The van der Waals surface area contributed by atoms with Crippen molar-refractivity contribution in [3.8, 4) is 6.01 Å². The van der Waals surface area contributed by atoms with Crippen molar-refractivity contribution < 1.29 is 23.8 Å². The maximum Gasteiger partial charge on any atom is 0.410 e. The fraction of sp³-hybridized carbons (Fsp3) is 0.500. The van der Waals surface area contributed by atoms with Crippen LogP contribution >= 0.6 is 0 Å². The van der Waals surface area contributed by atoms with E-state index in [1.54, 1.807) is 17.3 Å². The number of aromatic nitrogens is 2. The number of carbonyl (C=O) groups excluding carboxylic acids is 2. The van der Waals surface area contributed by atoms with Gasteiger partial charge in [0, 0.05) is 24.3 Å². The van der Waals surface area contributed by atoms with E-state index < -0.39 is 5.60 Å². The molecule has 9 heteroatoms. The van der Waals surface area contributed by atoms with Gasteiger partial charge in [-0.25, -0.2) is 14.8 Å². The average Bonchev–Trinajstić information content (AvgIpc) is 2.87. The molecule has 0 bridgehead atoms. The summed E-state index contributed by atoms with van der Waals surface area (Å²) in [4.78, 5) is 34.7. The maximum atomic E-state index is 12.5. The minimum atomic E-state index is -0.534. The summed E-state index contributed by atoms with van der Waals surface area (Å²) < 4.78 is 15.8. The van der Waals surface area contributed by atoms with E-state index in [1.807, 2.05) is 27.7 Å². The second-order valence-electron chi connectivity index (χ2n) is 9.91. The van der Waals surface area contributed by atoms with Gasteiger partial charge >= 0.3 is 18.1 Å². The van der Waals surface area contributed by atoms with E-state index in [0.717, 1.165) is 34.5 Å². The number of carbonyl (C=O) groups is 2. The van der Waals surface area contributed by atoms with E-state index in [-0.39, 0.29) is 18.0 Å². The highest BCUT2D eigenvalue weighted by Crippen LogP contribution is 2.35. The van der Waals surface area contributed by atoms with E-state index in [9.17, 15) is 9.59 Å². The number of nitrogens with one attached hydrogen (secondary N) is 1. The van der Waals surface area contributed by atoms with Gasteiger partial charge in [-0.15, -0.1) is 0 Å². The molecule has 0 fully saturated rings. The fourth-order valence-corrected chi connectivity index (χ4v) is 4.13. The minimum absolute atomic E-state index is 0.0293. The SMILES string of the molecule is CCOc1ncc(Nc2cc(C(CC)CC(=O)OC)ccc2C2=CCN(C(=O)OC(C)(C)C)CC2)cn1. The van der Waals surface area contributed by atoms with Crippen molar-refractivity contribution in [1.82, 2.24) is 14.9 Å². The van der Waals surface area contributed by atoms with Gasteiger partial charge in [-0.1, -0.05) is 25.1 Å². The molecule has 1 aliphatic rings. The molecule has 9 nitrogen and oxygen atoms in total. The molecular formula is C28H38N4O5. The Morgan fingerprint density at radius 2 is 1.89 bits per heavy atom. The molecule has 0 saturated heterocycles. The lowest BCUT2D eigenvalue weighted by atomic mass is 9.89. The van der Waals surface area contributed by atoms with Crippen molar-refractivity contribution in [2.75, 3.05) is 32.1 Å². The van der Waals surface area contributed by atoms with Crippen LogP contribution in [0.1, 0.15) is 70.9 Å². The molecule has 37 heavy (non-hydrogen) atoms. The molecule has 200 valence electrons. The molecule has 1 atom stereocenters. The molecule has 0 spiro atoms. The molecule has 0 radical (unpaired) electrons. The first kappa shape index (κ1) is 28.0. The van der Waals surface area contributed by atoms with Crippen LogP contribution in [0, 0.1) is 0 Å². The molecule has 1 unspecified atom stereocenters. The van der Waals surface area contributed by atoms with E-state index in [2.05, 4.69) is 46.5 Å². The predicted octanol–water partition coefficient (Wildman–Crippen LogP) is 5.70. The summed E-state index contributed by atoms with van der Waals surface area (Å²) in [6.07, 6.45) is 6.91. The molecule has 1 aromatic carbocycles. The Hall–Kier alpha value is -3.62. The standard InChI is InChI=1S/C28H38N4O5/c1-7-19(16-25(33)35-6)21-9-10-23(20-11-13-32(14-12-20)27(34)37-28(3,4)5)24(15-21)31-22-17-29-26(30-18-22)36-8-2/h9-11,15,17-19,31H,7-8,12-14,16H2,1-6H3. The maximum absolute atomic E-state index is 12.5. The lowest BCUT2D eigenvalue weighted by Crippen LogP contribution is -2.39. The highest BCUT2D eigenvalue weighted by atomic mass is 16.6. The molecule has 1 N–H and O–H groups in total. The van der Waals surface area contributed by atoms with Gasteiger partial charge in [0.1, 0.15) is 5.60 Å². The quantitative estimate of drug-likeness (QED) is 0.429. The first-order chi connectivity index (χ1) is 17.6. The highest BCUT2D eigenvalue weighted by Gasteiger charge is 2.25. The van der Waals surface area contributed by atoms with Crippen LogP contribution in [-0.2, 0) is 14.3 Å². The first-order valence-corrected chi connectivity index (χ1v) is 12.7. The van der Waals surface area contributed by atoms with Crippen molar-refractivity contribution in [2.24, 2.45) is 0 Å². The largest absolute Gasteiger partial charge is 0.469 e. The van der Waals surface area contributed by atoms with E-state index >= 15 is 0 Å². The van der Waals surface area contributed by atoms with Crippen molar-refractivity contribution in [2.45, 2.75) is 65.4 Å². The van der Waals surface area contributed by atoms with Crippen LogP contribution in [0.5, 0.6) is 6.01 Å². The van der Waals surface area contributed by atoms with Crippen molar-refractivity contribution in [1.29, 1.82) is 0 Å². The molecule has 1 aliphatic heterocycles. The zero-order chi connectivity index (χ0) is 27.0. The second kappa shape index (κ2) is 12.6. The number of hydrogen-bond acceptors (Lipinski definition) is 8. The number of esters is 1. The van der Waals surface area contributed by atoms with E-state index in [1.165, 1.54) is 7.11 Å². The van der Waals surface area contributed by atoms with Crippen LogP contribution in [0.25, 0.3) is 5.57 Å². The number of methoxy groups -OCH3 is 1. The van der Waals surface area contributed by atoms with Crippen LogP contribution in [0.4, 0.5) is 16.2 Å². The molecule has 2 aromatic rings. The van der Waals surface area contributed by atoms with Crippen LogP contribution in [0.3, 0.4) is 0 Å².